The molecule has 0 amide bonds. The van der Waals surface area contributed by atoms with E-state index < -0.39 is 9.84 Å². The Morgan fingerprint density at radius 1 is 1.42 bits per heavy atom. The average molecular weight is 371 g/mol. The molecule has 9 heteroatoms. The Balaban J connectivity index is 1.80. The summed E-state index contributed by atoms with van der Waals surface area (Å²) < 4.78 is 43.4. The van der Waals surface area contributed by atoms with E-state index in [1.165, 1.54) is 16.8 Å². The van der Waals surface area contributed by atoms with Crippen LogP contribution in [0, 0.1) is 10.7 Å². The summed E-state index contributed by atoms with van der Waals surface area (Å²) in [5, 5.41) is 4.34. The van der Waals surface area contributed by atoms with Crippen molar-refractivity contribution in [2.75, 3.05) is 18.1 Å². The van der Waals surface area contributed by atoms with Gasteiger partial charge in [-0.05, 0) is 49.4 Å². The topological polar surface area (TPSA) is 68.3 Å². The van der Waals surface area contributed by atoms with Gasteiger partial charge in [0.1, 0.15) is 5.82 Å². The van der Waals surface area contributed by atoms with E-state index >= 15 is 0 Å². The Bertz CT molecular complexity index is 874. The fraction of sp³-hybridized carbons (Fsp3) is 0.467. The molecule has 0 radical (unpaired) electrons. The number of aromatic nitrogens is 2. The molecule has 1 aromatic carbocycles. The van der Waals surface area contributed by atoms with Gasteiger partial charge in [0.25, 0.3) is 4.84 Å². The van der Waals surface area contributed by atoms with Gasteiger partial charge in [-0.25, -0.2) is 17.5 Å². The molecule has 2 aromatic rings. The highest BCUT2D eigenvalue weighted by molar-refractivity contribution is 7.91. The molecule has 130 valence electrons. The molecule has 0 bridgehead atoms. The number of nitrogens with zero attached hydrogens (tertiary/aromatic N) is 3. The first-order valence-electron chi connectivity index (χ1n) is 7.66. The molecule has 0 unspecified atom stereocenters. The molecule has 6 nitrogen and oxygen atoms in total. The van der Waals surface area contributed by atoms with Gasteiger partial charge >= 0.3 is 0 Å². The van der Waals surface area contributed by atoms with Crippen LogP contribution in [0.2, 0.25) is 0 Å². The number of sulfone groups is 1. The quantitative estimate of drug-likeness (QED) is 0.752. The van der Waals surface area contributed by atoms with Gasteiger partial charge in [-0.1, -0.05) is 6.92 Å². The van der Waals surface area contributed by atoms with Crippen molar-refractivity contribution in [3.05, 3.63) is 34.9 Å². The lowest BCUT2D eigenvalue weighted by Crippen LogP contribution is -2.37. The van der Waals surface area contributed by atoms with Crippen LogP contribution in [0.4, 0.5) is 4.39 Å². The average Bonchev–Trinajstić information content (AvgIpc) is 3.08. The molecular formula is C15H18FN3O3S2. The van der Waals surface area contributed by atoms with Gasteiger partial charge < -0.3 is 4.42 Å². The van der Waals surface area contributed by atoms with E-state index in [9.17, 15) is 12.8 Å². The first kappa shape index (κ1) is 17.2. The summed E-state index contributed by atoms with van der Waals surface area (Å²) in [6.07, 6.45) is 0.617. The second kappa shape index (κ2) is 6.73. The molecule has 2 heterocycles. The van der Waals surface area contributed by atoms with E-state index in [0.29, 0.717) is 31.1 Å². The lowest BCUT2D eigenvalue weighted by atomic mass is 10.2. The summed E-state index contributed by atoms with van der Waals surface area (Å²) in [5.74, 6) is 0.363. The van der Waals surface area contributed by atoms with Crippen molar-refractivity contribution < 1.29 is 17.2 Å². The molecule has 0 saturated carbocycles. The Hall–Kier alpha value is -1.58. The van der Waals surface area contributed by atoms with E-state index in [1.54, 1.807) is 12.1 Å². The summed E-state index contributed by atoms with van der Waals surface area (Å²) in [6, 6.07) is 5.76. The zero-order valence-electron chi connectivity index (χ0n) is 13.2. The molecule has 0 N–H and O–H groups in total. The molecule has 1 aromatic heterocycles. The Labute approximate surface area is 144 Å². The number of benzene rings is 1. The minimum atomic E-state index is -2.95. The Kier molecular flexibility index (Phi) is 4.84. The van der Waals surface area contributed by atoms with E-state index in [4.69, 9.17) is 16.6 Å². The third-order valence-electron chi connectivity index (χ3n) is 4.14. The van der Waals surface area contributed by atoms with Crippen LogP contribution in [0.3, 0.4) is 0 Å². The molecule has 1 atom stereocenters. The van der Waals surface area contributed by atoms with Gasteiger partial charge in [0.15, 0.2) is 9.84 Å². The van der Waals surface area contributed by atoms with Crippen molar-refractivity contribution in [1.82, 2.24) is 14.7 Å². The number of hydrogen-bond donors (Lipinski definition) is 0. The van der Waals surface area contributed by atoms with Gasteiger partial charge in [-0.15, -0.1) is 5.10 Å². The molecule has 24 heavy (non-hydrogen) atoms. The summed E-state index contributed by atoms with van der Waals surface area (Å²) in [5.41, 5.74) is 0.632. The molecule has 3 rings (SSSR count). The van der Waals surface area contributed by atoms with Crippen LogP contribution < -0.4 is 0 Å². The largest absolute Gasteiger partial charge is 0.409 e. The molecule has 1 fully saturated rings. The predicted octanol–water partition coefficient (Wildman–Crippen LogP) is 2.48. The maximum absolute atomic E-state index is 13.0. The molecule has 1 aliphatic heterocycles. The highest BCUT2D eigenvalue weighted by atomic mass is 32.2. The molecule has 1 saturated heterocycles. The van der Waals surface area contributed by atoms with Crippen molar-refractivity contribution in [1.29, 1.82) is 0 Å². The lowest BCUT2D eigenvalue weighted by Gasteiger charge is -2.25. The monoisotopic (exact) mass is 371 g/mol. The lowest BCUT2D eigenvalue weighted by molar-refractivity contribution is 0.162. The fourth-order valence-electron chi connectivity index (χ4n) is 2.81. The van der Waals surface area contributed by atoms with Crippen LogP contribution in [0.1, 0.15) is 13.3 Å². The highest BCUT2D eigenvalue weighted by Crippen LogP contribution is 2.21. The third-order valence-corrected chi connectivity index (χ3v) is 6.19. The van der Waals surface area contributed by atoms with Gasteiger partial charge in [0, 0.05) is 11.6 Å². The fourth-order valence-corrected chi connectivity index (χ4v) is 4.75. The van der Waals surface area contributed by atoms with E-state index in [1.807, 2.05) is 11.8 Å². The second-order valence-electron chi connectivity index (χ2n) is 5.78. The number of rotatable bonds is 5. The normalized spacial score (nSPS) is 19.9. The van der Waals surface area contributed by atoms with Crippen LogP contribution in [0.15, 0.2) is 28.7 Å². The van der Waals surface area contributed by atoms with Gasteiger partial charge in [0.05, 0.1) is 18.2 Å². The zero-order chi connectivity index (χ0) is 17.3. The van der Waals surface area contributed by atoms with Gasteiger partial charge in [-0.2, -0.15) is 0 Å². The number of halogens is 1. The summed E-state index contributed by atoms with van der Waals surface area (Å²) >= 11 is 5.20. The van der Waals surface area contributed by atoms with Crippen molar-refractivity contribution in [2.24, 2.45) is 0 Å². The van der Waals surface area contributed by atoms with Gasteiger partial charge in [0.2, 0.25) is 5.89 Å². The maximum atomic E-state index is 13.0. The molecular weight excluding hydrogens is 353 g/mol. The van der Waals surface area contributed by atoms with Gasteiger partial charge in [-0.3, -0.25) is 4.90 Å². The summed E-state index contributed by atoms with van der Waals surface area (Å²) in [7, 11) is -2.95. The molecule has 1 aliphatic rings. The van der Waals surface area contributed by atoms with E-state index in [2.05, 4.69) is 5.10 Å². The smallest absolute Gasteiger partial charge is 0.288 e. The summed E-state index contributed by atoms with van der Waals surface area (Å²) in [6.45, 7) is 3.01. The molecule has 0 spiro atoms. The Morgan fingerprint density at radius 2 is 2.12 bits per heavy atom. The van der Waals surface area contributed by atoms with Crippen LogP contribution in [-0.2, 0) is 16.5 Å². The van der Waals surface area contributed by atoms with Crippen LogP contribution >= 0.6 is 12.2 Å². The number of hydrogen-bond acceptors (Lipinski definition) is 6. The SMILES string of the molecule is CCN(Cn1nc(-c2ccc(F)cc2)oc1=S)[C@H]1CCS(=O)(=O)C1. The minimum absolute atomic E-state index is 0.0344. The maximum Gasteiger partial charge on any atom is 0.288 e. The van der Waals surface area contributed by atoms with E-state index in [0.717, 1.165) is 0 Å². The first-order valence-corrected chi connectivity index (χ1v) is 9.89. The van der Waals surface area contributed by atoms with Crippen molar-refractivity contribution in [3.8, 4) is 11.5 Å². The second-order valence-corrected chi connectivity index (χ2v) is 8.36. The summed E-state index contributed by atoms with van der Waals surface area (Å²) in [4.78, 5) is 2.23. The van der Waals surface area contributed by atoms with Crippen LogP contribution in [-0.4, -0.2) is 47.2 Å². The minimum Gasteiger partial charge on any atom is -0.409 e. The van der Waals surface area contributed by atoms with Crippen molar-refractivity contribution in [3.63, 3.8) is 0 Å². The Morgan fingerprint density at radius 3 is 2.71 bits per heavy atom. The molecule has 0 aliphatic carbocycles. The third kappa shape index (κ3) is 3.73. The van der Waals surface area contributed by atoms with Crippen molar-refractivity contribution in [2.45, 2.75) is 26.1 Å². The van der Waals surface area contributed by atoms with E-state index in [-0.39, 0.29) is 28.2 Å². The zero-order valence-corrected chi connectivity index (χ0v) is 14.8. The highest BCUT2D eigenvalue weighted by Gasteiger charge is 2.32. The predicted molar refractivity (Wildman–Crippen MR) is 90.2 cm³/mol. The van der Waals surface area contributed by atoms with Crippen LogP contribution in [0.25, 0.3) is 11.5 Å². The van der Waals surface area contributed by atoms with Crippen molar-refractivity contribution >= 4 is 22.1 Å². The standard InChI is InChI=1S/C15H18FN3O3S2/c1-2-18(13-7-8-24(20,21)9-13)10-19-15(23)22-14(17-19)11-3-5-12(16)6-4-11/h3-6,13H,2,7-10H2,1H3/t13-/m0/s1. The van der Waals surface area contributed by atoms with Crippen LogP contribution in [0.5, 0.6) is 0 Å². The first-order chi connectivity index (χ1) is 11.4.